The second kappa shape index (κ2) is 5.23. The van der Waals surface area contributed by atoms with Crippen LogP contribution in [0.5, 0.6) is 0 Å². The molecule has 1 aromatic heterocycles. The monoisotopic (exact) mass is 273 g/mol. The number of hydrogen-bond donors (Lipinski definition) is 1. The third-order valence-electron chi connectivity index (χ3n) is 4.13. The van der Waals surface area contributed by atoms with Gasteiger partial charge in [0, 0.05) is 11.7 Å². The summed E-state index contributed by atoms with van der Waals surface area (Å²) >= 11 is 0. The molecule has 0 spiro atoms. The molecule has 1 aliphatic heterocycles. The number of nitrogens with zero attached hydrogens (tertiary/aromatic N) is 2. The second-order valence-electron chi connectivity index (χ2n) is 5.63. The van der Waals surface area contributed by atoms with Crippen molar-refractivity contribution in [3.05, 3.63) is 24.0 Å². The molecule has 106 valence electrons. The van der Waals surface area contributed by atoms with Gasteiger partial charge >= 0.3 is 0 Å². The van der Waals surface area contributed by atoms with Gasteiger partial charge in [0.15, 0.2) is 0 Å². The van der Waals surface area contributed by atoms with Crippen LogP contribution in [0, 0.1) is 6.92 Å². The minimum atomic E-state index is -0.437. The Morgan fingerprint density at radius 2 is 2.00 bits per heavy atom. The molecular formula is C15H19N3O2. The number of anilines is 1. The minimum Gasteiger partial charge on any atom is -0.372 e. The van der Waals surface area contributed by atoms with E-state index in [9.17, 15) is 9.59 Å². The largest absolute Gasteiger partial charge is 0.372 e. The molecule has 3 rings (SSSR count). The lowest BCUT2D eigenvalue weighted by Gasteiger charge is -2.22. The van der Waals surface area contributed by atoms with Gasteiger partial charge in [-0.15, -0.1) is 0 Å². The Morgan fingerprint density at radius 1 is 1.25 bits per heavy atom. The van der Waals surface area contributed by atoms with Gasteiger partial charge in [-0.25, -0.2) is 0 Å². The number of hydrogen-bond acceptors (Lipinski definition) is 4. The van der Waals surface area contributed by atoms with Crippen LogP contribution in [-0.4, -0.2) is 33.8 Å². The van der Waals surface area contributed by atoms with Crippen molar-refractivity contribution >= 4 is 17.5 Å². The van der Waals surface area contributed by atoms with Crippen LogP contribution in [0.1, 0.15) is 37.8 Å². The van der Waals surface area contributed by atoms with Crippen molar-refractivity contribution in [1.82, 2.24) is 9.88 Å². The van der Waals surface area contributed by atoms with E-state index in [-0.39, 0.29) is 24.3 Å². The van der Waals surface area contributed by atoms with Crippen LogP contribution in [-0.2, 0) is 9.59 Å². The predicted octanol–water partition coefficient (Wildman–Crippen LogP) is 1.87. The fraction of sp³-hybridized carbons (Fsp3) is 0.533. The molecule has 1 saturated heterocycles. The van der Waals surface area contributed by atoms with Gasteiger partial charge in [0.2, 0.25) is 5.91 Å². The number of aromatic nitrogens is 1. The maximum absolute atomic E-state index is 12.4. The molecule has 2 heterocycles. The Labute approximate surface area is 118 Å². The molecule has 1 aromatic rings. The smallest absolute Gasteiger partial charge is 0.252 e. The van der Waals surface area contributed by atoms with E-state index in [1.165, 1.54) is 4.90 Å². The van der Waals surface area contributed by atoms with Crippen LogP contribution in [0.25, 0.3) is 0 Å². The molecule has 0 aromatic carbocycles. The van der Waals surface area contributed by atoms with Crippen LogP contribution in [0.15, 0.2) is 18.3 Å². The van der Waals surface area contributed by atoms with Crippen molar-refractivity contribution in [2.75, 3.05) is 5.32 Å². The maximum atomic E-state index is 12.4. The van der Waals surface area contributed by atoms with Crippen LogP contribution in [0.4, 0.5) is 5.69 Å². The number of likely N-dealkylation sites (tertiary alicyclic amines) is 1. The van der Waals surface area contributed by atoms with E-state index in [2.05, 4.69) is 10.3 Å². The van der Waals surface area contributed by atoms with Gasteiger partial charge in [-0.2, -0.15) is 0 Å². The van der Waals surface area contributed by atoms with Crippen LogP contribution in [0.3, 0.4) is 0 Å². The number of carbonyl (C=O) groups excluding carboxylic acids is 2. The van der Waals surface area contributed by atoms with Crippen molar-refractivity contribution < 1.29 is 9.59 Å². The molecule has 2 amide bonds. The number of amides is 2. The molecule has 5 heteroatoms. The van der Waals surface area contributed by atoms with Crippen LogP contribution >= 0.6 is 0 Å². The number of pyridine rings is 1. The Hall–Kier alpha value is -1.91. The lowest BCUT2D eigenvalue weighted by atomic mass is 10.2. The average Bonchev–Trinajstić information content (AvgIpc) is 3.02. The number of imide groups is 1. The highest BCUT2D eigenvalue weighted by atomic mass is 16.2. The van der Waals surface area contributed by atoms with E-state index in [0.29, 0.717) is 0 Å². The first-order valence-corrected chi connectivity index (χ1v) is 7.20. The molecule has 0 radical (unpaired) electrons. The van der Waals surface area contributed by atoms with Crippen molar-refractivity contribution in [3.63, 3.8) is 0 Å². The van der Waals surface area contributed by atoms with E-state index in [1.54, 1.807) is 6.20 Å². The molecule has 2 aliphatic rings. The molecular weight excluding hydrogens is 254 g/mol. The molecule has 5 nitrogen and oxygen atoms in total. The van der Waals surface area contributed by atoms with E-state index >= 15 is 0 Å². The number of rotatable bonds is 3. The third kappa shape index (κ3) is 2.40. The van der Waals surface area contributed by atoms with Crippen molar-refractivity contribution in [3.8, 4) is 0 Å². The summed E-state index contributed by atoms with van der Waals surface area (Å²) in [4.78, 5) is 30.2. The summed E-state index contributed by atoms with van der Waals surface area (Å²) in [5, 5.41) is 3.13. The fourth-order valence-electron chi connectivity index (χ4n) is 3.06. The highest BCUT2D eigenvalue weighted by Crippen LogP contribution is 2.29. The maximum Gasteiger partial charge on any atom is 0.252 e. The Morgan fingerprint density at radius 3 is 2.65 bits per heavy atom. The molecule has 2 fully saturated rings. The molecule has 0 bridgehead atoms. The van der Waals surface area contributed by atoms with E-state index in [1.807, 2.05) is 19.1 Å². The average molecular weight is 273 g/mol. The van der Waals surface area contributed by atoms with Crippen LogP contribution < -0.4 is 5.32 Å². The highest BCUT2D eigenvalue weighted by Gasteiger charge is 2.42. The summed E-state index contributed by atoms with van der Waals surface area (Å²) in [5.41, 5.74) is 1.71. The number of nitrogens with one attached hydrogen (secondary N) is 1. The SMILES string of the molecule is Cc1ccc(NC2CC(=O)N(C3CCCC3)C2=O)cn1. The van der Waals surface area contributed by atoms with Crippen molar-refractivity contribution in [2.24, 2.45) is 0 Å². The summed E-state index contributed by atoms with van der Waals surface area (Å²) in [6, 6.07) is 3.46. The lowest BCUT2D eigenvalue weighted by Crippen LogP contribution is -2.40. The standard InChI is InChI=1S/C15H19N3O2/c1-10-6-7-11(9-16-10)17-13-8-14(19)18(15(13)20)12-4-2-3-5-12/h6-7,9,12-13,17H,2-5,8H2,1H3. The van der Waals surface area contributed by atoms with Gasteiger partial charge in [0.25, 0.3) is 5.91 Å². The summed E-state index contributed by atoms with van der Waals surface area (Å²) in [7, 11) is 0. The molecule has 20 heavy (non-hydrogen) atoms. The third-order valence-corrected chi connectivity index (χ3v) is 4.13. The zero-order chi connectivity index (χ0) is 14.1. The number of carbonyl (C=O) groups is 2. The lowest BCUT2D eigenvalue weighted by molar-refractivity contribution is -0.141. The van der Waals surface area contributed by atoms with Crippen LogP contribution in [0.2, 0.25) is 0 Å². The van der Waals surface area contributed by atoms with E-state index < -0.39 is 6.04 Å². The zero-order valence-electron chi connectivity index (χ0n) is 11.6. The topological polar surface area (TPSA) is 62.3 Å². The molecule has 1 unspecified atom stereocenters. The van der Waals surface area contributed by atoms with Crippen molar-refractivity contribution in [2.45, 2.75) is 51.1 Å². The molecule has 1 N–H and O–H groups in total. The molecule has 1 atom stereocenters. The second-order valence-corrected chi connectivity index (χ2v) is 5.63. The Bertz CT molecular complexity index is 520. The molecule has 1 aliphatic carbocycles. The Kier molecular flexibility index (Phi) is 3.42. The first kappa shape index (κ1) is 13.1. The quantitative estimate of drug-likeness (QED) is 0.854. The first-order chi connectivity index (χ1) is 9.65. The fourth-order valence-corrected chi connectivity index (χ4v) is 3.06. The summed E-state index contributed by atoms with van der Waals surface area (Å²) in [6.45, 7) is 1.91. The normalized spacial score (nSPS) is 23.6. The Balaban J connectivity index is 1.70. The summed E-state index contributed by atoms with van der Waals surface area (Å²) in [6.07, 6.45) is 6.09. The van der Waals surface area contributed by atoms with Gasteiger partial charge in [-0.1, -0.05) is 12.8 Å². The first-order valence-electron chi connectivity index (χ1n) is 7.20. The zero-order valence-corrected chi connectivity index (χ0v) is 11.6. The van der Waals surface area contributed by atoms with E-state index in [0.717, 1.165) is 37.1 Å². The van der Waals surface area contributed by atoms with Gasteiger partial charge in [0.1, 0.15) is 6.04 Å². The highest BCUT2D eigenvalue weighted by molar-refractivity contribution is 6.07. The van der Waals surface area contributed by atoms with Gasteiger partial charge in [-0.3, -0.25) is 19.5 Å². The van der Waals surface area contributed by atoms with Gasteiger partial charge in [-0.05, 0) is 31.9 Å². The van der Waals surface area contributed by atoms with Gasteiger partial charge in [0.05, 0.1) is 18.3 Å². The predicted molar refractivity (Wildman–Crippen MR) is 75.1 cm³/mol. The summed E-state index contributed by atoms with van der Waals surface area (Å²) < 4.78 is 0. The summed E-state index contributed by atoms with van der Waals surface area (Å²) in [5.74, 6) is -0.123. The minimum absolute atomic E-state index is 0.0422. The van der Waals surface area contributed by atoms with Gasteiger partial charge < -0.3 is 5.32 Å². The van der Waals surface area contributed by atoms with E-state index in [4.69, 9.17) is 0 Å². The molecule has 1 saturated carbocycles. The number of aryl methyl sites for hydroxylation is 1. The van der Waals surface area contributed by atoms with Crippen molar-refractivity contribution in [1.29, 1.82) is 0 Å².